The van der Waals surface area contributed by atoms with Gasteiger partial charge < -0.3 is 11.1 Å². The molecule has 2 aromatic rings. The highest BCUT2D eigenvalue weighted by Gasteiger charge is 2.57. The van der Waals surface area contributed by atoms with E-state index in [0.717, 1.165) is 11.0 Å². The lowest BCUT2D eigenvalue weighted by Crippen LogP contribution is -2.59. The van der Waals surface area contributed by atoms with Crippen molar-refractivity contribution in [2.45, 2.75) is 60.7 Å². The van der Waals surface area contributed by atoms with Crippen LogP contribution in [0.4, 0.5) is 18.9 Å². The Balaban J connectivity index is 1.74. The molecule has 12 heteroatoms. The van der Waals surface area contributed by atoms with E-state index in [9.17, 15) is 26.4 Å². The molecule has 0 radical (unpaired) electrons. The normalized spacial score (nSPS) is 25.0. The zero-order valence-corrected chi connectivity index (χ0v) is 21.2. The number of hydrogen-bond acceptors (Lipinski definition) is 7. The van der Waals surface area contributed by atoms with Crippen LogP contribution in [-0.2, 0) is 21.6 Å². The smallest absolute Gasteiger partial charge is 0.386 e. The third-order valence-electron chi connectivity index (χ3n) is 6.72. The lowest BCUT2D eigenvalue weighted by Gasteiger charge is -2.43. The van der Waals surface area contributed by atoms with Gasteiger partial charge in [0.2, 0.25) is 0 Å². The number of nitrogens with one attached hydrogen (secondary N) is 1. The lowest BCUT2D eigenvalue weighted by molar-refractivity contribution is -0.137. The minimum absolute atomic E-state index is 0.0214. The summed E-state index contributed by atoms with van der Waals surface area (Å²) < 4.78 is 64.5. The van der Waals surface area contributed by atoms with Gasteiger partial charge >= 0.3 is 6.18 Å². The first kappa shape index (κ1) is 25.5. The highest BCUT2D eigenvalue weighted by molar-refractivity contribution is 7.99. The number of hydrogen-bond donors (Lipinski definition) is 2. The quantitative estimate of drug-likeness (QED) is 0.603. The van der Waals surface area contributed by atoms with E-state index in [-0.39, 0.29) is 17.1 Å². The van der Waals surface area contributed by atoms with E-state index < -0.39 is 43.0 Å². The first-order valence-corrected chi connectivity index (χ1v) is 13.3. The number of nitrogens with two attached hydrogens (primary N) is 1. The van der Waals surface area contributed by atoms with E-state index in [1.165, 1.54) is 18.7 Å². The van der Waals surface area contributed by atoms with Gasteiger partial charge in [0.1, 0.15) is 21.8 Å². The summed E-state index contributed by atoms with van der Waals surface area (Å²) in [6.45, 7) is 6.21. The molecule has 0 aliphatic carbocycles. The maximum absolute atomic E-state index is 13.5. The third kappa shape index (κ3) is 4.10. The van der Waals surface area contributed by atoms with E-state index in [0.29, 0.717) is 29.6 Å². The Bertz CT molecular complexity index is 1360. The fraction of sp³-hybridized carbons (Fsp3) is 0.435. The van der Waals surface area contributed by atoms with Crippen molar-refractivity contribution in [3.8, 4) is 0 Å². The first-order chi connectivity index (χ1) is 16.1. The number of amides is 1. The Morgan fingerprint density at radius 1 is 1.23 bits per heavy atom. The van der Waals surface area contributed by atoms with Crippen LogP contribution in [0.25, 0.3) is 0 Å². The number of anilines is 1. The molecule has 4 rings (SSSR count). The summed E-state index contributed by atoms with van der Waals surface area (Å²) in [5.41, 5.74) is 4.93. The molecule has 3 heterocycles. The number of aryl methyl sites for hydroxylation is 1. The van der Waals surface area contributed by atoms with Gasteiger partial charge in [-0.15, -0.1) is 11.8 Å². The summed E-state index contributed by atoms with van der Waals surface area (Å²) in [5.74, 6) is -0.0917. The van der Waals surface area contributed by atoms with Crippen LogP contribution in [0, 0.1) is 6.92 Å². The summed E-state index contributed by atoms with van der Waals surface area (Å²) in [6.07, 6.45) is -3.56. The molecular formula is C23H25F3N4O3S2. The van der Waals surface area contributed by atoms with Crippen LogP contribution in [0.1, 0.15) is 54.4 Å². The number of rotatable bonds is 2. The second-order valence-corrected chi connectivity index (χ2v) is 13.2. The van der Waals surface area contributed by atoms with Gasteiger partial charge in [-0.2, -0.15) is 13.2 Å². The second kappa shape index (κ2) is 8.22. The Morgan fingerprint density at radius 3 is 2.54 bits per heavy atom. The molecule has 0 saturated heterocycles. The van der Waals surface area contributed by atoms with Gasteiger partial charge in [-0.3, -0.25) is 14.8 Å². The summed E-state index contributed by atoms with van der Waals surface area (Å²) in [4.78, 5) is 22.0. The molecule has 0 bridgehead atoms. The van der Waals surface area contributed by atoms with Gasteiger partial charge in [0.15, 0.2) is 9.84 Å². The molecule has 0 spiro atoms. The van der Waals surface area contributed by atoms with E-state index in [1.54, 1.807) is 39.0 Å². The fourth-order valence-electron chi connectivity index (χ4n) is 4.49. The minimum atomic E-state index is -4.56. The number of sulfone groups is 1. The second-order valence-electron chi connectivity index (χ2n) is 9.38. The molecule has 2 aliphatic heterocycles. The number of benzene rings is 1. The van der Waals surface area contributed by atoms with Crippen LogP contribution < -0.4 is 11.1 Å². The number of carbonyl (C=O) groups excluding carboxylic acids is 1. The number of alkyl halides is 3. The summed E-state index contributed by atoms with van der Waals surface area (Å²) in [7, 11) is -3.69. The van der Waals surface area contributed by atoms with Crippen molar-refractivity contribution in [1.82, 2.24) is 4.98 Å². The zero-order valence-electron chi connectivity index (χ0n) is 19.5. The topological polar surface area (TPSA) is 115 Å². The Hall–Kier alpha value is -2.60. The average molecular weight is 527 g/mol. The van der Waals surface area contributed by atoms with E-state index in [1.807, 2.05) is 0 Å². The van der Waals surface area contributed by atoms with Gasteiger partial charge in [-0.1, -0.05) is 0 Å². The number of fused-ring (bicyclic) bond motifs is 3. The monoisotopic (exact) mass is 526 g/mol. The van der Waals surface area contributed by atoms with Crippen molar-refractivity contribution in [2.75, 3.05) is 11.1 Å². The Kier molecular flexibility index (Phi) is 5.99. The maximum atomic E-state index is 13.5. The first-order valence-electron chi connectivity index (χ1n) is 10.8. The van der Waals surface area contributed by atoms with Gasteiger partial charge in [-0.05, 0) is 75.3 Å². The van der Waals surface area contributed by atoms with Gasteiger partial charge in [-0.25, -0.2) is 8.42 Å². The van der Waals surface area contributed by atoms with Crippen molar-refractivity contribution in [3.63, 3.8) is 0 Å². The van der Waals surface area contributed by atoms with Crippen molar-refractivity contribution in [1.29, 1.82) is 0 Å². The number of aliphatic imine (C=N–C) groups is 1. The van der Waals surface area contributed by atoms with Gasteiger partial charge in [0.25, 0.3) is 5.91 Å². The standard InChI is InChI=1S/C23H25F3N4O3S2/c1-12-9-13(23(24,25)26)11-28-18(12)19(31)29-14-5-6-16-15(10-14)22(4)17(7-8-34-16)35(32,33)21(2,3)20(27)30-22/h5-6,9-11,17H,7-8H2,1-4H3,(H2,27,30)(H,29,31)/t17-,22-/m1/s1. The van der Waals surface area contributed by atoms with Crippen molar-refractivity contribution in [2.24, 2.45) is 10.7 Å². The number of carbonyl (C=O) groups is 1. The number of thioether (sulfide) groups is 1. The molecule has 1 amide bonds. The molecule has 0 fully saturated rings. The fourth-order valence-corrected chi connectivity index (χ4v) is 8.06. The van der Waals surface area contributed by atoms with Crippen molar-refractivity contribution >= 4 is 39.0 Å². The van der Waals surface area contributed by atoms with Crippen LogP contribution >= 0.6 is 11.8 Å². The predicted molar refractivity (Wildman–Crippen MR) is 129 cm³/mol. The Morgan fingerprint density at radius 2 is 1.91 bits per heavy atom. The summed E-state index contributed by atoms with van der Waals surface area (Å²) >= 11 is 1.50. The largest absolute Gasteiger partial charge is 0.417 e. The zero-order chi connectivity index (χ0) is 26.0. The van der Waals surface area contributed by atoms with Crippen LogP contribution in [0.15, 0.2) is 40.4 Å². The molecule has 7 nitrogen and oxygen atoms in total. The highest BCUT2D eigenvalue weighted by Crippen LogP contribution is 2.49. The Labute approximate surface area is 205 Å². The number of amidine groups is 1. The molecular weight excluding hydrogens is 501 g/mol. The molecule has 3 N–H and O–H groups in total. The van der Waals surface area contributed by atoms with E-state index >= 15 is 0 Å². The molecule has 1 aromatic heterocycles. The van der Waals surface area contributed by atoms with Crippen LogP contribution in [0.5, 0.6) is 0 Å². The maximum Gasteiger partial charge on any atom is 0.417 e. The molecule has 0 unspecified atom stereocenters. The minimum Gasteiger partial charge on any atom is -0.386 e. The van der Waals surface area contributed by atoms with Crippen LogP contribution in [0.3, 0.4) is 0 Å². The predicted octanol–water partition coefficient (Wildman–Crippen LogP) is 4.30. The highest BCUT2D eigenvalue weighted by atomic mass is 32.2. The van der Waals surface area contributed by atoms with Crippen molar-refractivity contribution in [3.05, 3.63) is 52.8 Å². The van der Waals surface area contributed by atoms with Crippen LogP contribution in [-0.4, -0.2) is 40.9 Å². The number of aromatic nitrogens is 1. The molecule has 0 saturated carbocycles. The molecule has 188 valence electrons. The van der Waals surface area contributed by atoms with Crippen LogP contribution in [0.2, 0.25) is 0 Å². The lowest BCUT2D eigenvalue weighted by atomic mass is 9.86. The van der Waals surface area contributed by atoms with E-state index in [2.05, 4.69) is 15.3 Å². The average Bonchev–Trinajstić information content (AvgIpc) is 2.89. The molecule has 2 aliphatic rings. The summed E-state index contributed by atoms with van der Waals surface area (Å²) in [6, 6.07) is 5.95. The summed E-state index contributed by atoms with van der Waals surface area (Å²) in [5, 5.41) is 1.86. The number of nitrogens with zero attached hydrogens (tertiary/aromatic N) is 2. The number of halogens is 3. The number of pyridine rings is 1. The SMILES string of the molecule is Cc1cc(C(F)(F)F)cnc1C(=O)Nc1ccc2c(c1)[C@@]1(C)N=C(N)C(C)(C)S(=O)(=O)[C@@H]1CCS2. The van der Waals surface area contributed by atoms with Crippen molar-refractivity contribution < 1.29 is 26.4 Å². The van der Waals surface area contributed by atoms with Gasteiger partial charge in [0, 0.05) is 16.8 Å². The van der Waals surface area contributed by atoms with Gasteiger partial charge in [0.05, 0.1) is 10.8 Å². The molecule has 35 heavy (non-hydrogen) atoms. The molecule has 2 atom stereocenters. The molecule has 1 aromatic carbocycles. The van der Waals surface area contributed by atoms with E-state index in [4.69, 9.17) is 5.73 Å². The third-order valence-corrected chi connectivity index (χ3v) is 10.9.